The Hall–Kier alpha value is -2.23. The van der Waals surface area contributed by atoms with Gasteiger partial charge in [0.15, 0.2) is 35.4 Å². The van der Waals surface area contributed by atoms with E-state index in [-0.39, 0.29) is 6.61 Å². The largest absolute Gasteiger partial charge is 0.483 e. The summed E-state index contributed by atoms with van der Waals surface area (Å²) in [5, 5.41) is 4.02. The highest BCUT2D eigenvalue weighted by Gasteiger charge is 2.28. The average molecular weight is 464 g/mol. The lowest BCUT2D eigenvalue weighted by atomic mass is 10.0. The van der Waals surface area contributed by atoms with Crippen LogP contribution in [0.4, 0.5) is 0 Å². The molecule has 0 bridgehead atoms. The van der Waals surface area contributed by atoms with Crippen molar-refractivity contribution in [3.63, 3.8) is 0 Å². The molecule has 134 valence electrons. The van der Waals surface area contributed by atoms with Crippen LogP contribution >= 0.6 is 23.0 Å². The standard InChI is InChI=1S/C18H17IN4O3/c1-10-17(11(2)21-9-20-10)14-6-5-13(25-19)7-15(14)24-8-16-22-18(23-26-16)12-3-4-12/h5-7,9,12H,3-4,8H2,1-2H3. The van der Waals surface area contributed by atoms with E-state index in [0.29, 0.717) is 23.3 Å². The lowest BCUT2D eigenvalue weighted by Crippen LogP contribution is -2.01. The van der Waals surface area contributed by atoms with E-state index in [4.69, 9.17) is 12.3 Å². The number of rotatable bonds is 6. The SMILES string of the molecule is Cc1ncnc(C)c1-c1ccc(OI)cc1OCc1nc(C2CC2)no1. The van der Waals surface area contributed by atoms with E-state index in [0.717, 1.165) is 41.2 Å². The summed E-state index contributed by atoms with van der Waals surface area (Å²) in [5.41, 5.74) is 3.63. The van der Waals surface area contributed by atoms with Gasteiger partial charge in [0.05, 0.1) is 0 Å². The lowest BCUT2D eigenvalue weighted by molar-refractivity contribution is 0.243. The van der Waals surface area contributed by atoms with Crippen molar-refractivity contribution in [2.24, 2.45) is 0 Å². The van der Waals surface area contributed by atoms with Gasteiger partial charge in [-0.1, -0.05) is 5.16 Å². The molecule has 1 aliphatic carbocycles. The molecule has 0 amide bonds. The van der Waals surface area contributed by atoms with Crippen molar-refractivity contribution in [2.75, 3.05) is 0 Å². The van der Waals surface area contributed by atoms with Crippen LogP contribution in [0.1, 0.15) is 41.9 Å². The summed E-state index contributed by atoms with van der Waals surface area (Å²) in [5.74, 6) is 3.05. The number of halogens is 1. The van der Waals surface area contributed by atoms with Crippen molar-refractivity contribution < 1.29 is 12.3 Å². The van der Waals surface area contributed by atoms with Crippen molar-refractivity contribution in [1.82, 2.24) is 20.1 Å². The van der Waals surface area contributed by atoms with Crippen molar-refractivity contribution >= 4 is 23.0 Å². The van der Waals surface area contributed by atoms with E-state index < -0.39 is 0 Å². The first-order valence-electron chi connectivity index (χ1n) is 8.32. The Bertz CT molecular complexity index is 920. The maximum atomic E-state index is 6.01. The normalized spacial score (nSPS) is 13.7. The van der Waals surface area contributed by atoms with Gasteiger partial charge < -0.3 is 12.3 Å². The molecule has 8 heteroatoms. The van der Waals surface area contributed by atoms with Gasteiger partial charge in [0.25, 0.3) is 5.89 Å². The van der Waals surface area contributed by atoms with Gasteiger partial charge in [-0.2, -0.15) is 4.98 Å². The zero-order valence-electron chi connectivity index (χ0n) is 14.4. The topological polar surface area (TPSA) is 83.2 Å². The van der Waals surface area contributed by atoms with E-state index in [2.05, 4.69) is 20.1 Å². The van der Waals surface area contributed by atoms with Crippen molar-refractivity contribution in [1.29, 1.82) is 0 Å². The molecule has 4 rings (SSSR count). The van der Waals surface area contributed by atoms with Crippen LogP contribution in [0.2, 0.25) is 0 Å². The molecule has 0 N–H and O–H groups in total. The van der Waals surface area contributed by atoms with Crippen LogP contribution < -0.4 is 7.80 Å². The third kappa shape index (κ3) is 3.50. The molecule has 1 saturated carbocycles. The highest BCUT2D eigenvalue weighted by atomic mass is 127. The predicted molar refractivity (Wildman–Crippen MR) is 102 cm³/mol. The maximum absolute atomic E-state index is 6.01. The number of ether oxygens (including phenoxy) is 1. The average Bonchev–Trinajstić information content (AvgIpc) is 3.39. The minimum absolute atomic E-state index is 0.198. The summed E-state index contributed by atoms with van der Waals surface area (Å²) in [4.78, 5) is 13.0. The minimum atomic E-state index is 0.198. The molecule has 2 heterocycles. The molecule has 0 unspecified atom stereocenters. The van der Waals surface area contributed by atoms with E-state index in [1.807, 2.05) is 55.1 Å². The smallest absolute Gasteiger partial charge is 0.264 e. The molecular formula is C18H17IN4O3. The van der Waals surface area contributed by atoms with Crippen molar-refractivity contribution in [3.05, 3.63) is 47.6 Å². The maximum Gasteiger partial charge on any atom is 0.264 e. The van der Waals surface area contributed by atoms with E-state index in [1.54, 1.807) is 6.33 Å². The molecule has 1 aromatic carbocycles. The van der Waals surface area contributed by atoms with E-state index >= 15 is 0 Å². The first-order chi connectivity index (χ1) is 12.7. The molecule has 1 aliphatic rings. The van der Waals surface area contributed by atoms with Crippen LogP contribution in [-0.2, 0) is 6.61 Å². The Kier molecular flexibility index (Phi) is 4.75. The Labute approximate surface area is 164 Å². The predicted octanol–water partition coefficient (Wildman–Crippen LogP) is 4.33. The number of aromatic nitrogens is 4. The number of benzene rings is 1. The molecule has 7 nitrogen and oxygen atoms in total. The van der Waals surface area contributed by atoms with Crippen LogP contribution in [0, 0.1) is 13.8 Å². The van der Waals surface area contributed by atoms with E-state index in [9.17, 15) is 0 Å². The quantitative estimate of drug-likeness (QED) is 0.503. The van der Waals surface area contributed by atoms with Crippen molar-refractivity contribution in [3.8, 4) is 22.6 Å². The van der Waals surface area contributed by atoms with Crippen LogP contribution in [0.15, 0.2) is 29.0 Å². The highest BCUT2D eigenvalue weighted by Crippen LogP contribution is 2.39. The zero-order valence-corrected chi connectivity index (χ0v) is 16.6. The van der Waals surface area contributed by atoms with Crippen molar-refractivity contribution in [2.45, 2.75) is 39.2 Å². The van der Waals surface area contributed by atoms with Gasteiger partial charge >= 0.3 is 0 Å². The Morgan fingerprint density at radius 3 is 2.65 bits per heavy atom. The lowest BCUT2D eigenvalue weighted by Gasteiger charge is -2.14. The summed E-state index contributed by atoms with van der Waals surface area (Å²) in [6.45, 7) is 4.11. The summed E-state index contributed by atoms with van der Waals surface area (Å²) >= 11 is 1.85. The molecule has 0 atom stereocenters. The Balaban J connectivity index is 1.64. The molecule has 3 aromatic rings. The van der Waals surface area contributed by atoms with E-state index in [1.165, 1.54) is 0 Å². The molecule has 1 fully saturated rings. The molecule has 0 spiro atoms. The second kappa shape index (κ2) is 7.18. The number of hydrogen-bond donors (Lipinski definition) is 0. The zero-order chi connectivity index (χ0) is 18.1. The van der Waals surface area contributed by atoms with Gasteiger partial charge in [0.2, 0.25) is 0 Å². The van der Waals surface area contributed by atoms with Gasteiger partial charge in [-0.05, 0) is 38.8 Å². The second-order valence-corrected chi connectivity index (χ2v) is 6.70. The minimum Gasteiger partial charge on any atom is -0.483 e. The Morgan fingerprint density at radius 2 is 1.96 bits per heavy atom. The van der Waals surface area contributed by atoms with Crippen LogP contribution in [-0.4, -0.2) is 20.1 Å². The molecule has 2 aromatic heterocycles. The molecule has 26 heavy (non-hydrogen) atoms. The Morgan fingerprint density at radius 1 is 1.19 bits per heavy atom. The summed E-state index contributed by atoms with van der Waals surface area (Å²) in [6, 6.07) is 5.68. The molecule has 0 radical (unpaired) electrons. The van der Waals surface area contributed by atoms with Gasteiger partial charge in [-0.25, -0.2) is 9.97 Å². The van der Waals surface area contributed by atoms with Crippen LogP contribution in [0.5, 0.6) is 11.5 Å². The number of nitrogens with zero attached hydrogens (tertiary/aromatic N) is 4. The second-order valence-electron chi connectivity index (χ2n) is 6.26. The van der Waals surface area contributed by atoms with Gasteiger partial charge in [0, 0.05) is 34.5 Å². The third-order valence-electron chi connectivity index (χ3n) is 4.32. The molecule has 0 aliphatic heterocycles. The summed E-state index contributed by atoms with van der Waals surface area (Å²) in [6.07, 6.45) is 3.83. The van der Waals surface area contributed by atoms with Gasteiger partial charge in [0.1, 0.15) is 17.8 Å². The fourth-order valence-corrected chi connectivity index (χ4v) is 3.11. The van der Waals surface area contributed by atoms with Gasteiger partial charge in [-0.3, -0.25) is 0 Å². The molecular weight excluding hydrogens is 447 g/mol. The third-order valence-corrected chi connectivity index (χ3v) is 4.82. The number of aryl methyl sites for hydroxylation is 2. The van der Waals surface area contributed by atoms with Crippen LogP contribution in [0.3, 0.4) is 0 Å². The summed E-state index contributed by atoms with van der Waals surface area (Å²) in [7, 11) is 0. The van der Waals surface area contributed by atoms with Gasteiger partial charge in [-0.15, -0.1) is 0 Å². The fourth-order valence-electron chi connectivity index (χ4n) is 2.83. The first-order valence-corrected chi connectivity index (χ1v) is 9.20. The fraction of sp³-hybridized carbons (Fsp3) is 0.333. The summed E-state index contributed by atoms with van der Waals surface area (Å²) < 4.78 is 16.6. The van der Waals surface area contributed by atoms with Crippen LogP contribution in [0.25, 0.3) is 11.1 Å². The first kappa shape index (κ1) is 17.2. The molecule has 0 saturated heterocycles. The highest BCUT2D eigenvalue weighted by molar-refractivity contribution is 14.1. The number of hydrogen-bond acceptors (Lipinski definition) is 7. The monoisotopic (exact) mass is 464 g/mol.